The number of rotatable bonds is 7. The van der Waals surface area contributed by atoms with Gasteiger partial charge in [0.15, 0.2) is 0 Å². The monoisotopic (exact) mass is 548 g/mol. The summed E-state index contributed by atoms with van der Waals surface area (Å²) < 4.78 is 13.7. The smallest absolute Gasteiger partial charge is 0.261 e. The Morgan fingerprint density at radius 1 is 1.14 bits per heavy atom. The molecular weight excluding hydrogens is 508 g/mol. The van der Waals surface area contributed by atoms with Crippen molar-refractivity contribution in [2.24, 2.45) is 7.05 Å². The number of carbonyl (C=O) groups excluding carboxylic acids is 1. The second kappa shape index (κ2) is 13.9. The van der Waals surface area contributed by atoms with Gasteiger partial charge < -0.3 is 29.6 Å². The van der Waals surface area contributed by atoms with Gasteiger partial charge in [0.05, 0.1) is 30.0 Å². The van der Waals surface area contributed by atoms with Crippen LogP contribution in [0.15, 0.2) is 29.2 Å². The molecule has 1 aliphatic heterocycles. The minimum absolute atomic E-state index is 0. The summed E-state index contributed by atoms with van der Waals surface area (Å²) in [6, 6.07) is 5.81. The zero-order chi connectivity index (χ0) is 26.4. The first kappa shape index (κ1) is 30.7. The van der Waals surface area contributed by atoms with Crippen molar-refractivity contribution in [3.05, 3.63) is 45.2 Å². The van der Waals surface area contributed by atoms with Gasteiger partial charge in [-0.1, -0.05) is 13.8 Å². The number of hydrogen-bond donors (Lipinski definition) is 2. The molecule has 0 radical (unpaired) electrons. The number of ether oxygens (including phenoxy) is 2. The van der Waals surface area contributed by atoms with Crippen LogP contribution in [0.1, 0.15) is 41.9 Å². The third-order valence-corrected chi connectivity index (χ3v) is 7.31. The number of nitrogens with zero attached hydrogens (tertiary/aromatic N) is 2. The third kappa shape index (κ3) is 6.87. The summed E-state index contributed by atoms with van der Waals surface area (Å²) in [5.41, 5.74) is 2.55. The number of piperidine rings is 1. The highest BCUT2D eigenvalue weighted by Gasteiger charge is 2.22. The Morgan fingerprint density at radius 2 is 1.73 bits per heavy atom. The molecule has 3 aromatic rings. The summed E-state index contributed by atoms with van der Waals surface area (Å²) >= 11 is 1.35. The molecule has 0 spiro atoms. The number of aryl methyl sites for hydroxylation is 1. The maximum atomic E-state index is 13.0. The normalized spacial score (nSPS) is 13.5. The Morgan fingerprint density at radius 3 is 2.27 bits per heavy atom. The fourth-order valence-electron chi connectivity index (χ4n) is 4.40. The number of hydrogen-bond acceptors (Lipinski definition) is 7. The molecule has 0 saturated carbocycles. The molecule has 0 bridgehead atoms. The van der Waals surface area contributed by atoms with E-state index in [1.165, 1.54) is 11.3 Å². The minimum Gasteiger partial charge on any atom is -0.496 e. The average Bonchev–Trinajstić information content (AvgIpc) is 3.34. The number of methoxy groups -OCH3 is 2. The summed E-state index contributed by atoms with van der Waals surface area (Å²) in [4.78, 5) is 28.5. The van der Waals surface area contributed by atoms with Gasteiger partial charge in [-0.05, 0) is 63.8 Å². The predicted molar refractivity (Wildman–Crippen MR) is 158 cm³/mol. The van der Waals surface area contributed by atoms with E-state index in [0.717, 1.165) is 47.3 Å². The van der Waals surface area contributed by atoms with Gasteiger partial charge in [0, 0.05) is 36.1 Å². The van der Waals surface area contributed by atoms with Crippen LogP contribution in [-0.2, 0) is 13.6 Å². The standard InChI is InChI=1S/C25H32N4O4S.C2H6.H2S/c1-28(2)13-19-20(32-4)10-15(11-21(19)33-5)18-14-29(3)25(31)17-12-22(34-23(17)18)24(30)27-16-6-8-26-9-7-16;1-2;/h10-12,14,16,26H,6-9,13H2,1-5H3,(H,27,30);1-2H3;1H2. The molecule has 3 heterocycles. The lowest BCUT2D eigenvalue weighted by molar-refractivity contribution is 0.0933. The lowest BCUT2D eigenvalue weighted by Crippen LogP contribution is -2.42. The fraction of sp³-hybridized carbons (Fsp3) is 0.481. The molecule has 8 nitrogen and oxygen atoms in total. The molecule has 1 amide bonds. The molecule has 0 atom stereocenters. The highest BCUT2D eigenvalue weighted by molar-refractivity contribution is 7.59. The molecule has 2 N–H and O–H groups in total. The molecule has 10 heteroatoms. The first-order valence-electron chi connectivity index (χ1n) is 12.4. The van der Waals surface area contributed by atoms with E-state index in [2.05, 4.69) is 15.5 Å². The number of pyridine rings is 1. The zero-order valence-corrected chi connectivity index (χ0v) is 24.7. The van der Waals surface area contributed by atoms with E-state index in [1.54, 1.807) is 31.9 Å². The van der Waals surface area contributed by atoms with E-state index in [-0.39, 0.29) is 31.0 Å². The van der Waals surface area contributed by atoms with Crippen LogP contribution >= 0.6 is 24.8 Å². The van der Waals surface area contributed by atoms with Crippen molar-refractivity contribution >= 4 is 40.8 Å². The minimum atomic E-state index is -0.127. The van der Waals surface area contributed by atoms with Crippen molar-refractivity contribution in [2.75, 3.05) is 41.4 Å². The predicted octanol–water partition coefficient (Wildman–Crippen LogP) is 3.97. The van der Waals surface area contributed by atoms with Crippen LogP contribution in [0.25, 0.3) is 21.2 Å². The summed E-state index contributed by atoms with van der Waals surface area (Å²) in [6.07, 6.45) is 3.63. The Kier molecular flexibility index (Phi) is 11.5. The van der Waals surface area contributed by atoms with Crippen LogP contribution in [0, 0.1) is 0 Å². The van der Waals surface area contributed by atoms with Crippen molar-refractivity contribution in [3.8, 4) is 22.6 Å². The second-order valence-corrected chi connectivity index (χ2v) is 9.96. The molecule has 0 aliphatic carbocycles. The van der Waals surface area contributed by atoms with Crippen molar-refractivity contribution in [1.29, 1.82) is 0 Å². The summed E-state index contributed by atoms with van der Waals surface area (Å²) in [5.74, 6) is 1.30. The second-order valence-electron chi connectivity index (χ2n) is 8.91. The van der Waals surface area contributed by atoms with E-state index >= 15 is 0 Å². The van der Waals surface area contributed by atoms with E-state index in [9.17, 15) is 9.59 Å². The lowest BCUT2D eigenvalue weighted by atomic mass is 10.0. The molecule has 204 valence electrons. The molecule has 4 rings (SSSR count). The molecule has 1 aromatic carbocycles. The van der Waals surface area contributed by atoms with Crippen molar-refractivity contribution in [1.82, 2.24) is 20.1 Å². The van der Waals surface area contributed by atoms with Crippen molar-refractivity contribution < 1.29 is 14.3 Å². The van der Waals surface area contributed by atoms with Gasteiger partial charge in [-0.15, -0.1) is 11.3 Å². The van der Waals surface area contributed by atoms with Crippen molar-refractivity contribution in [2.45, 2.75) is 39.3 Å². The van der Waals surface area contributed by atoms with Gasteiger partial charge in [0.25, 0.3) is 11.5 Å². The Hall–Kier alpha value is -2.53. The topological polar surface area (TPSA) is 84.8 Å². The van der Waals surface area contributed by atoms with Crippen LogP contribution in [-0.4, -0.2) is 62.8 Å². The van der Waals surface area contributed by atoms with Crippen LogP contribution in [0.2, 0.25) is 0 Å². The maximum Gasteiger partial charge on any atom is 0.261 e. The summed E-state index contributed by atoms with van der Waals surface area (Å²) in [6.45, 7) is 6.46. The van der Waals surface area contributed by atoms with E-state index in [4.69, 9.17) is 9.47 Å². The highest BCUT2D eigenvalue weighted by Crippen LogP contribution is 2.39. The Labute approximate surface area is 230 Å². The molecule has 1 aliphatic rings. The maximum absolute atomic E-state index is 13.0. The first-order chi connectivity index (χ1) is 17.3. The van der Waals surface area contributed by atoms with Crippen LogP contribution in [0.5, 0.6) is 11.5 Å². The summed E-state index contributed by atoms with van der Waals surface area (Å²) in [5, 5.41) is 6.97. The quantitative estimate of drug-likeness (QED) is 0.465. The zero-order valence-electron chi connectivity index (χ0n) is 22.9. The number of carbonyl (C=O) groups is 1. The van der Waals surface area contributed by atoms with Gasteiger partial charge in [-0.3, -0.25) is 9.59 Å². The van der Waals surface area contributed by atoms with E-state index < -0.39 is 0 Å². The molecule has 1 fully saturated rings. The molecule has 0 unspecified atom stereocenters. The van der Waals surface area contributed by atoms with Gasteiger partial charge in [0.1, 0.15) is 11.5 Å². The first-order valence-corrected chi connectivity index (χ1v) is 13.2. The number of amides is 1. The number of thiophene rings is 1. The molecule has 37 heavy (non-hydrogen) atoms. The Bertz CT molecular complexity index is 1240. The van der Waals surface area contributed by atoms with Crippen LogP contribution in [0.4, 0.5) is 0 Å². The van der Waals surface area contributed by atoms with Crippen molar-refractivity contribution in [3.63, 3.8) is 0 Å². The van der Waals surface area contributed by atoms with Gasteiger partial charge in [0.2, 0.25) is 0 Å². The highest BCUT2D eigenvalue weighted by atomic mass is 32.1. The molecular formula is C27H40N4O4S2. The summed E-state index contributed by atoms with van der Waals surface area (Å²) in [7, 11) is 8.99. The van der Waals surface area contributed by atoms with Gasteiger partial charge >= 0.3 is 0 Å². The lowest BCUT2D eigenvalue weighted by Gasteiger charge is -2.23. The SMILES string of the molecule is CC.COc1cc(-c2cn(C)c(=O)c3cc(C(=O)NC4CCNCC4)sc23)cc(OC)c1CN(C)C.S. The van der Waals surface area contributed by atoms with E-state index in [1.807, 2.05) is 46.3 Å². The third-order valence-electron chi connectivity index (χ3n) is 6.14. The average molecular weight is 549 g/mol. The number of benzene rings is 1. The van der Waals surface area contributed by atoms with Gasteiger partial charge in [-0.2, -0.15) is 13.5 Å². The number of nitrogens with one attached hydrogen (secondary N) is 2. The number of fused-ring (bicyclic) bond motifs is 1. The fourth-order valence-corrected chi connectivity index (χ4v) is 5.49. The molecule has 1 saturated heterocycles. The number of aromatic nitrogens is 1. The Balaban J connectivity index is 0.00000157. The van der Waals surface area contributed by atoms with Gasteiger partial charge in [-0.25, -0.2) is 0 Å². The van der Waals surface area contributed by atoms with E-state index in [0.29, 0.717) is 28.3 Å². The molecule has 2 aromatic heterocycles. The largest absolute Gasteiger partial charge is 0.496 e. The van der Waals surface area contributed by atoms with Crippen LogP contribution in [0.3, 0.4) is 0 Å². The van der Waals surface area contributed by atoms with Crippen LogP contribution < -0.4 is 25.7 Å².